The van der Waals surface area contributed by atoms with E-state index in [2.05, 4.69) is 53.8 Å². The molecule has 28 heavy (non-hydrogen) atoms. The maximum Gasteiger partial charge on any atom is 0.181 e. The van der Waals surface area contributed by atoms with Crippen LogP contribution in [-0.4, -0.2) is 0 Å². The lowest BCUT2D eigenvalue weighted by molar-refractivity contribution is 1.02. The van der Waals surface area contributed by atoms with Crippen molar-refractivity contribution in [2.45, 2.75) is 25.7 Å². The molecule has 0 aliphatic heterocycles. The number of rotatable bonds is 1. The van der Waals surface area contributed by atoms with Gasteiger partial charge in [-0.1, -0.05) is 48.5 Å². The minimum atomic E-state index is 0.905. The van der Waals surface area contributed by atoms with E-state index in [0.29, 0.717) is 0 Å². The van der Waals surface area contributed by atoms with Crippen LogP contribution in [0.5, 0.6) is 0 Å². The van der Waals surface area contributed by atoms with E-state index in [0.717, 1.165) is 24.2 Å². The fourth-order valence-electron chi connectivity index (χ4n) is 4.69. The van der Waals surface area contributed by atoms with E-state index in [9.17, 15) is 0 Å². The second-order valence-corrected chi connectivity index (χ2v) is 7.50. The number of nitrogens with zero attached hydrogens (tertiary/aromatic N) is 1. The Hall–Kier alpha value is -3.51. The van der Waals surface area contributed by atoms with Crippen LogP contribution >= 0.6 is 0 Å². The van der Waals surface area contributed by atoms with Crippen LogP contribution < -0.4 is 11.1 Å². The quantitative estimate of drug-likeness (QED) is 0.272. The Morgan fingerprint density at radius 3 is 1.86 bits per heavy atom. The predicted octanol–water partition coefficient (Wildman–Crippen LogP) is 5.35. The topological polar surface area (TPSA) is 61.8 Å². The summed E-state index contributed by atoms with van der Waals surface area (Å²) in [7, 11) is 0. The van der Waals surface area contributed by atoms with E-state index < -0.39 is 0 Å². The van der Waals surface area contributed by atoms with Crippen LogP contribution in [-0.2, 0) is 25.7 Å². The number of nitrogen functional groups attached to an aromatic ring is 1. The van der Waals surface area contributed by atoms with E-state index in [1.54, 1.807) is 0 Å². The third-order valence-corrected chi connectivity index (χ3v) is 5.98. The molecule has 0 amide bonds. The van der Waals surface area contributed by atoms with Crippen molar-refractivity contribution in [3.05, 3.63) is 82.9 Å². The van der Waals surface area contributed by atoms with Gasteiger partial charge in [-0.3, -0.25) is 5.32 Å². The van der Waals surface area contributed by atoms with Crippen LogP contribution in [0.15, 0.2) is 60.7 Å². The lowest BCUT2D eigenvalue weighted by Gasteiger charge is -2.06. The molecule has 4 aromatic carbocycles. The smallest absolute Gasteiger partial charge is 0.181 e. The molecule has 0 saturated carbocycles. The van der Waals surface area contributed by atoms with Gasteiger partial charge in [-0.25, -0.2) is 0 Å². The van der Waals surface area contributed by atoms with E-state index >= 15 is 0 Å². The van der Waals surface area contributed by atoms with Crippen LogP contribution in [0.25, 0.3) is 21.5 Å². The van der Waals surface area contributed by atoms with Gasteiger partial charge in [0.15, 0.2) is 6.19 Å². The Kier molecular flexibility index (Phi) is 3.91. The zero-order valence-corrected chi connectivity index (χ0v) is 15.6. The average Bonchev–Trinajstić information content (AvgIpc) is 3.34. The van der Waals surface area contributed by atoms with Gasteiger partial charge in [-0.2, -0.15) is 5.26 Å². The van der Waals surface area contributed by atoms with Crippen LogP contribution in [0.2, 0.25) is 0 Å². The van der Waals surface area contributed by atoms with Crippen LogP contribution in [0, 0.1) is 11.5 Å². The van der Waals surface area contributed by atoms with Gasteiger partial charge in [0.05, 0.1) is 5.69 Å². The molecule has 136 valence electrons. The second kappa shape index (κ2) is 6.58. The summed E-state index contributed by atoms with van der Waals surface area (Å²) in [5.41, 5.74) is 13.5. The molecule has 4 aromatic rings. The van der Waals surface area contributed by atoms with E-state index in [-0.39, 0.29) is 0 Å². The third-order valence-electron chi connectivity index (χ3n) is 5.98. The molecule has 0 bridgehead atoms. The van der Waals surface area contributed by atoms with Gasteiger partial charge in [0.2, 0.25) is 0 Å². The first-order valence-corrected chi connectivity index (χ1v) is 9.74. The highest BCUT2D eigenvalue weighted by Gasteiger charge is 2.15. The number of aryl methyl sites for hydroxylation is 4. The first-order valence-electron chi connectivity index (χ1n) is 9.74. The summed E-state index contributed by atoms with van der Waals surface area (Å²) in [6.45, 7) is 0. The van der Waals surface area contributed by atoms with Crippen LogP contribution in [0.4, 0.5) is 11.4 Å². The van der Waals surface area contributed by atoms with Crippen molar-refractivity contribution >= 4 is 32.9 Å². The van der Waals surface area contributed by atoms with Gasteiger partial charge >= 0.3 is 0 Å². The van der Waals surface area contributed by atoms with Crippen molar-refractivity contribution in [2.75, 3.05) is 11.1 Å². The third kappa shape index (κ3) is 2.58. The minimum absolute atomic E-state index is 0.905. The summed E-state index contributed by atoms with van der Waals surface area (Å²) in [6.07, 6.45) is 6.59. The highest BCUT2D eigenvalue weighted by molar-refractivity contribution is 6.00. The molecule has 0 radical (unpaired) electrons. The zero-order chi connectivity index (χ0) is 19.1. The number of benzene rings is 4. The van der Waals surface area contributed by atoms with Crippen molar-refractivity contribution in [3.63, 3.8) is 0 Å². The summed E-state index contributed by atoms with van der Waals surface area (Å²) >= 11 is 0. The minimum Gasteiger partial charge on any atom is -0.398 e. The molecule has 6 rings (SSSR count). The molecule has 0 spiro atoms. The summed E-state index contributed by atoms with van der Waals surface area (Å²) < 4.78 is 0. The van der Waals surface area contributed by atoms with Gasteiger partial charge in [-0.05, 0) is 70.8 Å². The molecule has 0 aromatic heterocycles. The summed E-state index contributed by atoms with van der Waals surface area (Å²) in [5, 5.41) is 16.6. The van der Waals surface area contributed by atoms with Gasteiger partial charge in [0.1, 0.15) is 0 Å². The molecule has 2 aliphatic rings. The largest absolute Gasteiger partial charge is 0.398 e. The molecule has 0 unspecified atom stereocenters. The molecular formula is C25H21N3. The van der Waals surface area contributed by atoms with Gasteiger partial charge in [0.25, 0.3) is 0 Å². The Morgan fingerprint density at radius 1 is 0.679 bits per heavy atom. The SMILES string of the molecule is N#CNc1ccc2c3c(cccc13)CC2.Nc1ccc2c3c(cccc13)CC2. The van der Waals surface area contributed by atoms with E-state index in [1.807, 2.05) is 18.3 Å². The Labute approximate surface area is 164 Å². The van der Waals surface area contributed by atoms with Crippen LogP contribution in [0.3, 0.4) is 0 Å². The van der Waals surface area contributed by atoms with E-state index in [4.69, 9.17) is 11.0 Å². The molecule has 0 atom stereocenters. The highest BCUT2D eigenvalue weighted by atomic mass is 14.9. The number of nitrogens with one attached hydrogen (secondary N) is 1. The lowest BCUT2D eigenvalue weighted by Crippen LogP contribution is -1.90. The number of hydrogen-bond donors (Lipinski definition) is 2. The second-order valence-electron chi connectivity index (χ2n) is 7.50. The van der Waals surface area contributed by atoms with Crippen molar-refractivity contribution < 1.29 is 0 Å². The molecular weight excluding hydrogens is 342 g/mol. The van der Waals surface area contributed by atoms with Crippen molar-refractivity contribution in [1.29, 1.82) is 5.26 Å². The van der Waals surface area contributed by atoms with Crippen molar-refractivity contribution in [2.24, 2.45) is 0 Å². The Balaban J connectivity index is 0.000000123. The van der Waals surface area contributed by atoms with E-state index in [1.165, 1.54) is 56.6 Å². The lowest BCUT2D eigenvalue weighted by atomic mass is 10.0. The molecule has 3 N–H and O–H groups in total. The standard InChI is InChI=1S/C13H10N2.C12H11N/c14-8-15-12-7-6-10-5-4-9-2-1-3-11(12)13(9)10;13-11-7-6-9-5-4-8-2-1-3-10(11)12(8)9/h1-3,6-7,15H,4-5H2;1-3,6-7H,4-5,13H2. The summed E-state index contributed by atoms with van der Waals surface area (Å²) in [5.74, 6) is 0. The van der Waals surface area contributed by atoms with Crippen molar-refractivity contribution in [1.82, 2.24) is 0 Å². The summed E-state index contributed by atoms with van der Waals surface area (Å²) in [6, 6.07) is 21.0. The number of nitrogens with two attached hydrogens (primary N) is 1. The zero-order valence-electron chi connectivity index (χ0n) is 15.6. The van der Waals surface area contributed by atoms with Crippen molar-refractivity contribution in [3.8, 4) is 6.19 Å². The first-order chi connectivity index (χ1) is 13.8. The summed E-state index contributed by atoms with van der Waals surface area (Å²) in [4.78, 5) is 0. The monoisotopic (exact) mass is 363 g/mol. The molecule has 0 heterocycles. The molecule has 0 fully saturated rings. The molecule has 2 aliphatic carbocycles. The average molecular weight is 363 g/mol. The van der Waals surface area contributed by atoms with Gasteiger partial charge in [-0.15, -0.1) is 0 Å². The predicted molar refractivity (Wildman–Crippen MR) is 116 cm³/mol. The molecule has 0 saturated heterocycles. The molecule has 3 heteroatoms. The Bertz CT molecular complexity index is 1240. The maximum absolute atomic E-state index is 8.67. The van der Waals surface area contributed by atoms with Crippen LogP contribution in [0.1, 0.15) is 22.3 Å². The van der Waals surface area contributed by atoms with Gasteiger partial charge in [0, 0.05) is 16.5 Å². The first kappa shape index (κ1) is 16.6. The number of hydrogen-bond acceptors (Lipinski definition) is 3. The number of anilines is 2. The van der Waals surface area contributed by atoms with Gasteiger partial charge < -0.3 is 5.73 Å². The highest BCUT2D eigenvalue weighted by Crippen LogP contribution is 2.35. The molecule has 3 nitrogen and oxygen atoms in total. The number of nitriles is 1. The normalized spacial score (nSPS) is 13.2. The Morgan fingerprint density at radius 2 is 1.21 bits per heavy atom. The fourth-order valence-corrected chi connectivity index (χ4v) is 4.69. The fraction of sp³-hybridized carbons (Fsp3) is 0.160. The maximum atomic E-state index is 8.67.